The molecule has 136 valence electrons. The predicted octanol–water partition coefficient (Wildman–Crippen LogP) is 2.76. The molecule has 26 heavy (non-hydrogen) atoms. The average Bonchev–Trinajstić information content (AvgIpc) is 2.94. The Labute approximate surface area is 150 Å². The average molecular weight is 357 g/mol. The van der Waals surface area contributed by atoms with Gasteiger partial charge in [0.05, 0.1) is 13.2 Å². The number of carbonyl (C=O) groups excluding carboxylic acids is 2. The van der Waals surface area contributed by atoms with E-state index in [2.05, 4.69) is 10.6 Å². The Morgan fingerprint density at radius 2 is 2.04 bits per heavy atom. The van der Waals surface area contributed by atoms with E-state index in [0.717, 1.165) is 5.56 Å². The summed E-state index contributed by atoms with van der Waals surface area (Å²) in [6.07, 6.45) is 0.228. The molecule has 0 bridgehead atoms. The van der Waals surface area contributed by atoms with E-state index in [-0.39, 0.29) is 30.2 Å². The van der Waals surface area contributed by atoms with E-state index in [4.69, 9.17) is 4.74 Å². The minimum Gasteiger partial charge on any atom is -0.497 e. The molecule has 3 amide bonds. The fraction of sp³-hybridized carbons (Fsp3) is 0.263. The molecule has 6 nitrogen and oxygen atoms in total. The zero-order valence-electron chi connectivity index (χ0n) is 14.4. The lowest BCUT2D eigenvalue weighted by atomic mass is 10.2. The Morgan fingerprint density at radius 1 is 1.27 bits per heavy atom. The Kier molecular flexibility index (Phi) is 5.36. The summed E-state index contributed by atoms with van der Waals surface area (Å²) in [6.45, 7) is 0.722. The van der Waals surface area contributed by atoms with Crippen LogP contribution in [0.25, 0.3) is 0 Å². The predicted molar refractivity (Wildman–Crippen MR) is 95.4 cm³/mol. The fourth-order valence-electron chi connectivity index (χ4n) is 2.90. The van der Waals surface area contributed by atoms with Gasteiger partial charge in [-0.2, -0.15) is 0 Å². The molecule has 2 aromatic carbocycles. The number of anilines is 1. The molecule has 2 aromatic rings. The Bertz CT molecular complexity index is 795. The van der Waals surface area contributed by atoms with Gasteiger partial charge < -0.3 is 20.3 Å². The van der Waals surface area contributed by atoms with Gasteiger partial charge in [0.1, 0.15) is 11.6 Å². The summed E-state index contributed by atoms with van der Waals surface area (Å²) in [6, 6.07) is 12.5. The van der Waals surface area contributed by atoms with Crippen LogP contribution in [0, 0.1) is 5.82 Å². The number of rotatable bonds is 5. The van der Waals surface area contributed by atoms with Crippen LogP contribution in [0.1, 0.15) is 12.0 Å². The number of carbonyl (C=O) groups is 2. The van der Waals surface area contributed by atoms with Crippen LogP contribution < -0.4 is 15.4 Å². The highest BCUT2D eigenvalue weighted by molar-refractivity contribution is 5.90. The van der Waals surface area contributed by atoms with Crippen molar-refractivity contribution in [2.75, 3.05) is 19.0 Å². The van der Waals surface area contributed by atoms with Gasteiger partial charge in [0.2, 0.25) is 5.91 Å². The number of hydrogen-bond donors (Lipinski definition) is 2. The third-order valence-corrected chi connectivity index (χ3v) is 4.16. The van der Waals surface area contributed by atoms with Crippen molar-refractivity contribution in [3.05, 3.63) is 59.9 Å². The summed E-state index contributed by atoms with van der Waals surface area (Å²) in [4.78, 5) is 25.9. The van der Waals surface area contributed by atoms with Crippen LogP contribution in [0.15, 0.2) is 48.5 Å². The van der Waals surface area contributed by atoms with E-state index in [0.29, 0.717) is 24.5 Å². The number of halogens is 1. The highest BCUT2D eigenvalue weighted by Gasteiger charge is 2.30. The normalized spacial score (nSPS) is 16.5. The topological polar surface area (TPSA) is 70.7 Å². The molecule has 0 aliphatic carbocycles. The minimum absolute atomic E-state index is 0.0657. The number of amides is 3. The number of ether oxygens (including phenoxy) is 1. The van der Waals surface area contributed by atoms with Gasteiger partial charge in [0, 0.05) is 25.2 Å². The van der Waals surface area contributed by atoms with E-state index in [9.17, 15) is 14.0 Å². The van der Waals surface area contributed by atoms with E-state index in [1.165, 1.54) is 12.1 Å². The Morgan fingerprint density at radius 3 is 2.73 bits per heavy atom. The maximum Gasteiger partial charge on any atom is 0.319 e. The summed E-state index contributed by atoms with van der Waals surface area (Å²) < 4.78 is 18.3. The quantitative estimate of drug-likeness (QED) is 0.864. The van der Waals surface area contributed by atoms with Gasteiger partial charge in [-0.05, 0) is 42.0 Å². The van der Waals surface area contributed by atoms with Gasteiger partial charge in [0.25, 0.3) is 0 Å². The molecular formula is C19H20FN3O3. The largest absolute Gasteiger partial charge is 0.497 e. The number of nitrogens with one attached hydrogen (secondary N) is 2. The third-order valence-electron chi connectivity index (χ3n) is 4.16. The first kappa shape index (κ1) is 17.7. The molecule has 7 heteroatoms. The van der Waals surface area contributed by atoms with Gasteiger partial charge in [-0.1, -0.05) is 12.1 Å². The second-order valence-electron chi connectivity index (χ2n) is 6.13. The van der Waals surface area contributed by atoms with Crippen molar-refractivity contribution < 1.29 is 18.7 Å². The molecule has 3 rings (SSSR count). The minimum atomic E-state index is -0.374. The second-order valence-corrected chi connectivity index (χ2v) is 6.13. The van der Waals surface area contributed by atoms with Gasteiger partial charge >= 0.3 is 6.03 Å². The second kappa shape index (κ2) is 7.86. The molecule has 1 atom stereocenters. The summed E-state index contributed by atoms with van der Waals surface area (Å²) in [7, 11) is 1.57. The number of urea groups is 1. The molecule has 0 radical (unpaired) electrons. The van der Waals surface area contributed by atoms with Gasteiger partial charge in [-0.25, -0.2) is 9.18 Å². The first-order chi connectivity index (χ1) is 12.5. The third kappa shape index (κ3) is 4.50. The van der Waals surface area contributed by atoms with Gasteiger partial charge in [-0.15, -0.1) is 0 Å². The van der Waals surface area contributed by atoms with Crippen molar-refractivity contribution in [1.82, 2.24) is 10.2 Å². The highest BCUT2D eigenvalue weighted by Crippen LogP contribution is 2.17. The highest BCUT2D eigenvalue weighted by atomic mass is 19.1. The van der Waals surface area contributed by atoms with Crippen LogP contribution in [0.5, 0.6) is 5.75 Å². The smallest absolute Gasteiger partial charge is 0.319 e. The van der Waals surface area contributed by atoms with E-state index in [1.807, 2.05) is 0 Å². The molecule has 2 N–H and O–H groups in total. The van der Waals surface area contributed by atoms with Crippen molar-refractivity contribution in [3.63, 3.8) is 0 Å². The standard InChI is InChI=1S/C19H20FN3O3/c1-26-17-7-5-15(6-8-17)21-19(25)22-16-10-18(24)23(12-16)11-13-3-2-4-14(20)9-13/h2-9,16H,10-12H2,1H3,(H2,21,22,25)/t16-/m1/s1. The van der Waals surface area contributed by atoms with E-state index in [1.54, 1.807) is 48.4 Å². The fourth-order valence-corrected chi connectivity index (χ4v) is 2.90. The van der Waals surface area contributed by atoms with Crippen LogP contribution >= 0.6 is 0 Å². The monoisotopic (exact) mass is 357 g/mol. The summed E-state index contributed by atoms with van der Waals surface area (Å²) in [5.74, 6) is 0.303. The zero-order valence-corrected chi connectivity index (χ0v) is 14.4. The van der Waals surface area contributed by atoms with Crippen LogP contribution in [-0.2, 0) is 11.3 Å². The molecule has 0 saturated carbocycles. The lowest BCUT2D eigenvalue weighted by molar-refractivity contribution is -0.128. The zero-order chi connectivity index (χ0) is 18.5. The van der Waals surface area contributed by atoms with E-state index < -0.39 is 0 Å². The lowest BCUT2D eigenvalue weighted by Crippen LogP contribution is -2.39. The van der Waals surface area contributed by atoms with Crippen molar-refractivity contribution in [2.45, 2.75) is 19.0 Å². The molecule has 0 unspecified atom stereocenters. The molecule has 0 aromatic heterocycles. The number of nitrogens with zero attached hydrogens (tertiary/aromatic N) is 1. The number of hydrogen-bond acceptors (Lipinski definition) is 3. The van der Waals surface area contributed by atoms with Crippen LogP contribution in [0.2, 0.25) is 0 Å². The van der Waals surface area contributed by atoms with Crippen LogP contribution in [-0.4, -0.2) is 36.5 Å². The molecule has 1 fully saturated rings. The Hall–Kier alpha value is -3.09. The first-order valence-electron chi connectivity index (χ1n) is 8.27. The first-order valence-corrected chi connectivity index (χ1v) is 8.27. The van der Waals surface area contributed by atoms with Crippen LogP contribution in [0.3, 0.4) is 0 Å². The molecule has 1 aliphatic heterocycles. The number of methoxy groups -OCH3 is 1. The molecule has 1 heterocycles. The maximum atomic E-state index is 13.3. The SMILES string of the molecule is COc1ccc(NC(=O)N[C@@H]2CC(=O)N(Cc3cccc(F)c3)C2)cc1. The summed E-state index contributed by atoms with van der Waals surface area (Å²) in [5.41, 5.74) is 1.35. The van der Waals surface area contributed by atoms with Crippen molar-refractivity contribution >= 4 is 17.6 Å². The molecular weight excluding hydrogens is 337 g/mol. The van der Waals surface area contributed by atoms with Crippen molar-refractivity contribution in [3.8, 4) is 5.75 Å². The Balaban J connectivity index is 1.52. The summed E-state index contributed by atoms with van der Waals surface area (Å²) in [5, 5.41) is 5.52. The van der Waals surface area contributed by atoms with Gasteiger partial charge in [0.15, 0.2) is 0 Å². The van der Waals surface area contributed by atoms with Crippen molar-refractivity contribution in [2.24, 2.45) is 0 Å². The molecule has 1 aliphatic rings. The number of benzene rings is 2. The summed E-state index contributed by atoms with van der Waals surface area (Å²) >= 11 is 0. The van der Waals surface area contributed by atoms with Crippen LogP contribution in [0.4, 0.5) is 14.9 Å². The van der Waals surface area contributed by atoms with Crippen molar-refractivity contribution in [1.29, 1.82) is 0 Å². The molecule has 1 saturated heterocycles. The molecule has 0 spiro atoms. The lowest BCUT2D eigenvalue weighted by Gasteiger charge is -2.17. The number of likely N-dealkylation sites (tertiary alicyclic amines) is 1. The maximum absolute atomic E-state index is 13.3. The van der Waals surface area contributed by atoms with E-state index >= 15 is 0 Å². The van der Waals surface area contributed by atoms with Gasteiger partial charge in [-0.3, -0.25) is 4.79 Å².